The maximum absolute atomic E-state index is 11.2. The molecule has 16 heavy (non-hydrogen) atoms. The van der Waals surface area contributed by atoms with Crippen molar-refractivity contribution in [1.29, 1.82) is 0 Å². The Morgan fingerprint density at radius 2 is 2.06 bits per heavy atom. The first-order valence-electron chi connectivity index (χ1n) is 6.23. The second-order valence-corrected chi connectivity index (χ2v) is 5.10. The third-order valence-electron chi connectivity index (χ3n) is 3.89. The van der Waals surface area contributed by atoms with Gasteiger partial charge in [-0.2, -0.15) is 0 Å². The number of ether oxygens (including phenoxy) is 1. The molecule has 2 rings (SSSR count). The molecule has 2 aliphatic rings. The van der Waals surface area contributed by atoms with E-state index in [1.165, 1.54) is 0 Å². The van der Waals surface area contributed by atoms with Crippen LogP contribution in [0.1, 0.15) is 26.2 Å². The molecule has 2 atom stereocenters. The van der Waals surface area contributed by atoms with Crippen LogP contribution in [-0.4, -0.2) is 48.3 Å². The van der Waals surface area contributed by atoms with Crippen LogP contribution in [0.15, 0.2) is 0 Å². The molecule has 0 radical (unpaired) electrons. The average Bonchev–Trinajstić information content (AvgIpc) is 2.61. The second-order valence-electron chi connectivity index (χ2n) is 5.10. The summed E-state index contributed by atoms with van der Waals surface area (Å²) in [6.45, 7) is 5.60. The minimum Gasteiger partial charge on any atom is -0.480 e. The number of nitrogens with zero attached hydrogens (tertiary/aromatic N) is 1. The van der Waals surface area contributed by atoms with Gasteiger partial charge in [0.15, 0.2) is 0 Å². The first-order chi connectivity index (χ1) is 7.68. The van der Waals surface area contributed by atoms with Gasteiger partial charge in [0.1, 0.15) is 6.04 Å². The Morgan fingerprint density at radius 3 is 2.69 bits per heavy atom. The van der Waals surface area contributed by atoms with Crippen LogP contribution in [0.25, 0.3) is 0 Å². The van der Waals surface area contributed by atoms with Gasteiger partial charge in [-0.3, -0.25) is 9.69 Å². The van der Waals surface area contributed by atoms with E-state index in [-0.39, 0.29) is 12.0 Å². The van der Waals surface area contributed by atoms with Gasteiger partial charge in [0.25, 0.3) is 0 Å². The highest BCUT2D eigenvalue weighted by atomic mass is 16.5. The molecule has 2 saturated heterocycles. The molecule has 0 bridgehead atoms. The Labute approximate surface area is 96.6 Å². The number of likely N-dealkylation sites (tertiary alicyclic amines) is 1. The van der Waals surface area contributed by atoms with Gasteiger partial charge in [0.05, 0.1) is 0 Å². The first kappa shape index (κ1) is 11.9. The average molecular weight is 227 g/mol. The van der Waals surface area contributed by atoms with Crippen molar-refractivity contribution in [3.8, 4) is 0 Å². The number of hydrogen-bond donors (Lipinski definition) is 1. The number of carboxylic acid groups (broad SMARTS) is 1. The quantitative estimate of drug-likeness (QED) is 0.787. The van der Waals surface area contributed by atoms with Crippen LogP contribution in [0.5, 0.6) is 0 Å². The maximum atomic E-state index is 11.2. The van der Waals surface area contributed by atoms with E-state index >= 15 is 0 Å². The zero-order valence-electron chi connectivity index (χ0n) is 9.89. The number of hydrogen-bond acceptors (Lipinski definition) is 3. The summed E-state index contributed by atoms with van der Waals surface area (Å²) in [7, 11) is 0. The van der Waals surface area contributed by atoms with E-state index in [0.29, 0.717) is 5.92 Å². The first-order valence-corrected chi connectivity index (χ1v) is 6.23. The lowest BCUT2D eigenvalue weighted by Crippen LogP contribution is -2.42. The molecule has 2 heterocycles. The fraction of sp³-hybridized carbons (Fsp3) is 0.917. The number of rotatable bonds is 3. The number of carboxylic acids is 1. The zero-order valence-corrected chi connectivity index (χ0v) is 9.89. The van der Waals surface area contributed by atoms with Gasteiger partial charge in [0.2, 0.25) is 0 Å². The standard InChI is InChI=1S/C12H21NO3/c1-9-2-5-13(11(9)12(14)15)8-10-3-6-16-7-4-10/h9-11H,2-8H2,1H3,(H,14,15). The maximum Gasteiger partial charge on any atom is 0.321 e. The van der Waals surface area contributed by atoms with E-state index in [4.69, 9.17) is 4.74 Å². The predicted molar refractivity (Wildman–Crippen MR) is 60.3 cm³/mol. The minimum atomic E-state index is -0.656. The molecule has 4 heteroatoms. The summed E-state index contributed by atoms with van der Waals surface area (Å²) in [4.78, 5) is 13.4. The molecule has 1 N–H and O–H groups in total. The summed E-state index contributed by atoms with van der Waals surface area (Å²) in [5, 5.41) is 9.22. The molecule has 0 aromatic rings. The Hall–Kier alpha value is -0.610. The monoisotopic (exact) mass is 227 g/mol. The molecule has 2 fully saturated rings. The zero-order chi connectivity index (χ0) is 11.5. The Balaban J connectivity index is 1.90. The summed E-state index contributed by atoms with van der Waals surface area (Å²) in [6, 6.07) is -0.261. The van der Waals surface area contributed by atoms with Crippen molar-refractivity contribution in [1.82, 2.24) is 4.90 Å². The lowest BCUT2D eigenvalue weighted by Gasteiger charge is -2.30. The lowest BCUT2D eigenvalue weighted by atomic mass is 9.98. The second kappa shape index (κ2) is 5.15. The Kier molecular flexibility index (Phi) is 3.82. The molecule has 92 valence electrons. The number of carbonyl (C=O) groups is 1. The normalized spacial score (nSPS) is 33.1. The van der Waals surface area contributed by atoms with Crippen molar-refractivity contribution in [2.24, 2.45) is 11.8 Å². The van der Waals surface area contributed by atoms with Gasteiger partial charge in [-0.1, -0.05) is 6.92 Å². The van der Waals surface area contributed by atoms with Crippen molar-refractivity contribution in [3.63, 3.8) is 0 Å². The van der Waals surface area contributed by atoms with E-state index in [0.717, 1.165) is 45.6 Å². The molecular weight excluding hydrogens is 206 g/mol. The molecule has 0 aromatic heterocycles. The van der Waals surface area contributed by atoms with Gasteiger partial charge in [-0.05, 0) is 37.6 Å². The minimum absolute atomic E-state index is 0.261. The van der Waals surface area contributed by atoms with Crippen LogP contribution in [0.3, 0.4) is 0 Å². The lowest BCUT2D eigenvalue weighted by molar-refractivity contribution is -0.143. The summed E-state index contributed by atoms with van der Waals surface area (Å²) in [5.74, 6) is 0.260. The summed E-state index contributed by atoms with van der Waals surface area (Å²) >= 11 is 0. The van der Waals surface area contributed by atoms with Gasteiger partial charge in [-0.25, -0.2) is 0 Å². The number of aliphatic carboxylic acids is 1. The van der Waals surface area contributed by atoms with Gasteiger partial charge in [0, 0.05) is 19.8 Å². The molecule has 0 saturated carbocycles. The van der Waals surface area contributed by atoms with Crippen LogP contribution >= 0.6 is 0 Å². The SMILES string of the molecule is CC1CCN(CC2CCOCC2)C1C(=O)O. The highest BCUT2D eigenvalue weighted by Crippen LogP contribution is 2.27. The van der Waals surface area contributed by atoms with Crippen molar-refractivity contribution in [2.75, 3.05) is 26.3 Å². The fourth-order valence-electron chi connectivity index (χ4n) is 2.89. The van der Waals surface area contributed by atoms with Crippen molar-refractivity contribution >= 4 is 5.97 Å². The molecule has 0 aliphatic carbocycles. The van der Waals surface area contributed by atoms with Crippen LogP contribution in [0.2, 0.25) is 0 Å². The van der Waals surface area contributed by atoms with E-state index in [9.17, 15) is 9.90 Å². The summed E-state index contributed by atoms with van der Waals surface area (Å²) < 4.78 is 5.32. The third-order valence-corrected chi connectivity index (χ3v) is 3.89. The topological polar surface area (TPSA) is 49.8 Å². The molecule has 0 spiro atoms. The molecule has 2 unspecified atom stereocenters. The van der Waals surface area contributed by atoms with Gasteiger partial charge < -0.3 is 9.84 Å². The van der Waals surface area contributed by atoms with Crippen molar-refractivity contribution in [2.45, 2.75) is 32.2 Å². The van der Waals surface area contributed by atoms with Gasteiger partial charge >= 0.3 is 5.97 Å². The van der Waals surface area contributed by atoms with Gasteiger partial charge in [-0.15, -0.1) is 0 Å². The van der Waals surface area contributed by atoms with Crippen molar-refractivity contribution in [3.05, 3.63) is 0 Å². The highest BCUT2D eigenvalue weighted by Gasteiger charge is 2.37. The summed E-state index contributed by atoms with van der Waals surface area (Å²) in [6.07, 6.45) is 3.18. The van der Waals surface area contributed by atoms with E-state index < -0.39 is 5.97 Å². The van der Waals surface area contributed by atoms with Crippen LogP contribution in [0.4, 0.5) is 0 Å². The molecule has 0 aromatic carbocycles. The largest absolute Gasteiger partial charge is 0.480 e. The molecule has 2 aliphatic heterocycles. The fourth-order valence-corrected chi connectivity index (χ4v) is 2.89. The van der Waals surface area contributed by atoms with E-state index in [2.05, 4.69) is 4.90 Å². The molecule has 0 amide bonds. The van der Waals surface area contributed by atoms with Crippen molar-refractivity contribution < 1.29 is 14.6 Å². The summed E-state index contributed by atoms with van der Waals surface area (Å²) in [5.41, 5.74) is 0. The van der Waals surface area contributed by atoms with E-state index in [1.54, 1.807) is 0 Å². The van der Waals surface area contributed by atoms with E-state index in [1.807, 2.05) is 6.92 Å². The Morgan fingerprint density at radius 1 is 1.38 bits per heavy atom. The highest BCUT2D eigenvalue weighted by molar-refractivity contribution is 5.74. The van der Waals surface area contributed by atoms with Crippen LogP contribution in [0, 0.1) is 11.8 Å². The third kappa shape index (κ3) is 2.55. The Bertz CT molecular complexity index is 251. The molecular formula is C12H21NO3. The molecule has 4 nitrogen and oxygen atoms in total. The predicted octanol–water partition coefficient (Wildman–Crippen LogP) is 1.21. The smallest absolute Gasteiger partial charge is 0.321 e. The van der Waals surface area contributed by atoms with Crippen LogP contribution < -0.4 is 0 Å². The van der Waals surface area contributed by atoms with Crippen LogP contribution in [-0.2, 0) is 9.53 Å².